The number of nitrogens with one attached hydrogen (secondary N) is 2. The van der Waals surface area contributed by atoms with E-state index in [2.05, 4.69) is 10.6 Å². The van der Waals surface area contributed by atoms with Crippen molar-refractivity contribution in [2.24, 2.45) is 0 Å². The number of carbonyl (C=O) groups excluding carboxylic acids is 1. The van der Waals surface area contributed by atoms with Crippen molar-refractivity contribution in [2.75, 3.05) is 19.7 Å². The molecule has 17 heavy (non-hydrogen) atoms. The van der Waals surface area contributed by atoms with Crippen LogP contribution in [0.4, 0.5) is 4.79 Å². The molecule has 1 rings (SSSR count). The van der Waals surface area contributed by atoms with Gasteiger partial charge in [-0.1, -0.05) is 25.1 Å². The van der Waals surface area contributed by atoms with Gasteiger partial charge in [0.25, 0.3) is 0 Å². The van der Waals surface area contributed by atoms with Gasteiger partial charge in [0.2, 0.25) is 0 Å². The van der Waals surface area contributed by atoms with E-state index < -0.39 is 0 Å². The first-order valence-electron chi connectivity index (χ1n) is 6.02. The van der Waals surface area contributed by atoms with Crippen LogP contribution in [0.15, 0.2) is 30.3 Å². The van der Waals surface area contributed by atoms with Gasteiger partial charge in [0.05, 0.1) is 6.61 Å². The SMILES string of the molecule is CCCNC(=O)NCCCOc1ccccc1. The molecule has 1 aromatic rings. The zero-order chi connectivity index (χ0) is 12.3. The van der Waals surface area contributed by atoms with Crippen molar-refractivity contribution in [2.45, 2.75) is 19.8 Å². The minimum atomic E-state index is -0.105. The summed E-state index contributed by atoms with van der Waals surface area (Å²) in [6.45, 7) is 3.97. The van der Waals surface area contributed by atoms with Crippen LogP contribution in [-0.4, -0.2) is 25.7 Å². The van der Waals surface area contributed by atoms with Crippen molar-refractivity contribution in [3.05, 3.63) is 30.3 Å². The van der Waals surface area contributed by atoms with Crippen molar-refractivity contribution < 1.29 is 9.53 Å². The first kappa shape index (κ1) is 13.4. The lowest BCUT2D eigenvalue weighted by Crippen LogP contribution is -2.36. The highest BCUT2D eigenvalue weighted by atomic mass is 16.5. The molecule has 0 fully saturated rings. The second-order valence-corrected chi connectivity index (χ2v) is 3.70. The van der Waals surface area contributed by atoms with Crippen molar-refractivity contribution in [3.63, 3.8) is 0 Å². The number of hydrogen-bond acceptors (Lipinski definition) is 2. The summed E-state index contributed by atoms with van der Waals surface area (Å²) < 4.78 is 5.50. The van der Waals surface area contributed by atoms with E-state index in [1.807, 2.05) is 37.3 Å². The second-order valence-electron chi connectivity index (χ2n) is 3.70. The minimum absolute atomic E-state index is 0.105. The third kappa shape index (κ3) is 6.45. The van der Waals surface area contributed by atoms with Gasteiger partial charge in [0.1, 0.15) is 5.75 Å². The van der Waals surface area contributed by atoms with Gasteiger partial charge in [0.15, 0.2) is 0 Å². The molecule has 1 aromatic carbocycles. The average molecular weight is 236 g/mol. The first-order chi connectivity index (χ1) is 8.33. The van der Waals surface area contributed by atoms with Crippen molar-refractivity contribution in [3.8, 4) is 5.75 Å². The fourth-order valence-corrected chi connectivity index (χ4v) is 1.28. The molecule has 0 radical (unpaired) electrons. The van der Waals surface area contributed by atoms with E-state index in [0.29, 0.717) is 19.7 Å². The molecule has 2 amide bonds. The maximum atomic E-state index is 11.2. The van der Waals surface area contributed by atoms with Crippen LogP contribution >= 0.6 is 0 Å². The summed E-state index contributed by atoms with van der Waals surface area (Å²) in [6.07, 6.45) is 1.75. The molecule has 0 aromatic heterocycles. The molecule has 0 saturated heterocycles. The Kier molecular flexibility index (Phi) is 6.63. The number of para-hydroxylation sites is 1. The molecule has 0 spiro atoms. The van der Waals surface area contributed by atoms with E-state index in [0.717, 1.165) is 18.6 Å². The molecular weight excluding hydrogens is 216 g/mol. The van der Waals surface area contributed by atoms with E-state index in [1.54, 1.807) is 0 Å². The average Bonchev–Trinajstić information content (AvgIpc) is 2.37. The maximum Gasteiger partial charge on any atom is 0.314 e. The molecule has 0 heterocycles. The van der Waals surface area contributed by atoms with E-state index in [-0.39, 0.29) is 6.03 Å². The summed E-state index contributed by atoms with van der Waals surface area (Å²) in [5.41, 5.74) is 0. The van der Waals surface area contributed by atoms with Gasteiger partial charge < -0.3 is 15.4 Å². The van der Waals surface area contributed by atoms with E-state index >= 15 is 0 Å². The van der Waals surface area contributed by atoms with Crippen molar-refractivity contribution in [1.82, 2.24) is 10.6 Å². The number of carbonyl (C=O) groups is 1. The minimum Gasteiger partial charge on any atom is -0.494 e. The Hall–Kier alpha value is -1.71. The predicted octanol–water partition coefficient (Wildman–Crippen LogP) is 2.16. The van der Waals surface area contributed by atoms with Gasteiger partial charge in [-0.3, -0.25) is 0 Å². The van der Waals surface area contributed by atoms with E-state index in [1.165, 1.54) is 0 Å². The topological polar surface area (TPSA) is 50.4 Å². The third-order valence-electron chi connectivity index (χ3n) is 2.15. The van der Waals surface area contributed by atoms with E-state index in [9.17, 15) is 4.79 Å². The molecule has 0 aliphatic heterocycles. The number of rotatable bonds is 7. The van der Waals surface area contributed by atoms with Crippen molar-refractivity contribution in [1.29, 1.82) is 0 Å². The van der Waals surface area contributed by atoms with Gasteiger partial charge in [0, 0.05) is 13.1 Å². The Bertz CT molecular complexity index is 314. The zero-order valence-corrected chi connectivity index (χ0v) is 10.2. The maximum absolute atomic E-state index is 11.2. The summed E-state index contributed by atoms with van der Waals surface area (Å²) in [7, 11) is 0. The smallest absolute Gasteiger partial charge is 0.314 e. The highest BCUT2D eigenvalue weighted by Gasteiger charge is 1.97. The fourth-order valence-electron chi connectivity index (χ4n) is 1.28. The van der Waals surface area contributed by atoms with Crippen LogP contribution in [0, 0.1) is 0 Å². The van der Waals surface area contributed by atoms with Gasteiger partial charge >= 0.3 is 6.03 Å². The molecule has 4 nitrogen and oxygen atoms in total. The Morgan fingerprint density at radius 2 is 1.88 bits per heavy atom. The number of urea groups is 1. The van der Waals surface area contributed by atoms with Crippen LogP contribution in [-0.2, 0) is 0 Å². The summed E-state index contributed by atoms with van der Waals surface area (Å²) in [6, 6.07) is 9.55. The van der Waals surface area contributed by atoms with Crippen molar-refractivity contribution >= 4 is 6.03 Å². The second kappa shape index (κ2) is 8.44. The number of benzene rings is 1. The van der Waals surface area contributed by atoms with E-state index in [4.69, 9.17) is 4.74 Å². The largest absolute Gasteiger partial charge is 0.494 e. The van der Waals surface area contributed by atoms with Gasteiger partial charge in [-0.25, -0.2) is 4.79 Å². The van der Waals surface area contributed by atoms with Gasteiger partial charge in [-0.2, -0.15) is 0 Å². The van der Waals surface area contributed by atoms with Crippen LogP contribution in [0.3, 0.4) is 0 Å². The standard InChI is InChI=1S/C13H20N2O2/c1-2-9-14-13(16)15-10-6-11-17-12-7-4-3-5-8-12/h3-5,7-8H,2,6,9-11H2,1H3,(H2,14,15,16). The van der Waals surface area contributed by atoms with Gasteiger partial charge in [-0.05, 0) is 25.0 Å². The molecule has 2 N–H and O–H groups in total. The molecular formula is C13H20N2O2. The lowest BCUT2D eigenvalue weighted by Gasteiger charge is -2.07. The Balaban J connectivity index is 1.99. The Morgan fingerprint density at radius 1 is 1.18 bits per heavy atom. The number of amides is 2. The molecule has 0 aliphatic rings. The van der Waals surface area contributed by atoms with Crippen LogP contribution in [0.1, 0.15) is 19.8 Å². The van der Waals surface area contributed by atoms with Crippen LogP contribution in [0.2, 0.25) is 0 Å². The molecule has 4 heteroatoms. The molecule has 0 unspecified atom stereocenters. The number of hydrogen-bond donors (Lipinski definition) is 2. The molecule has 94 valence electrons. The Morgan fingerprint density at radius 3 is 2.59 bits per heavy atom. The van der Waals surface area contributed by atoms with Gasteiger partial charge in [-0.15, -0.1) is 0 Å². The summed E-state index contributed by atoms with van der Waals surface area (Å²) in [5.74, 6) is 0.864. The summed E-state index contributed by atoms with van der Waals surface area (Å²) in [5, 5.41) is 5.52. The quantitative estimate of drug-likeness (QED) is 0.713. The van der Waals surface area contributed by atoms with Crippen LogP contribution < -0.4 is 15.4 Å². The highest BCUT2D eigenvalue weighted by Crippen LogP contribution is 2.07. The monoisotopic (exact) mass is 236 g/mol. The molecule has 0 bridgehead atoms. The van der Waals surface area contributed by atoms with Crippen LogP contribution in [0.25, 0.3) is 0 Å². The third-order valence-corrected chi connectivity index (χ3v) is 2.15. The first-order valence-corrected chi connectivity index (χ1v) is 6.02. The lowest BCUT2D eigenvalue weighted by molar-refractivity contribution is 0.239. The summed E-state index contributed by atoms with van der Waals surface area (Å²) >= 11 is 0. The molecule has 0 aliphatic carbocycles. The zero-order valence-electron chi connectivity index (χ0n) is 10.2. The predicted molar refractivity (Wildman–Crippen MR) is 68.2 cm³/mol. The number of ether oxygens (including phenoxy) is 1. The molecule has 0 saturated carbocycles. The fraction of sp³-hybridized carbons (Fsp3) is 0.462. The molecule has 0 atom stereocenters. The van der Waals surface area contributed by atoms with Crippen LogP contribution in [0.5, 0.6) is 5.75 Å². The highest BCUT2D eigenvalue weighted by molar-refractivity contribution is 5.73. The lowest BCUT2D eigenvalue weighted by atomic mass is 10.3. The Labute approximate surface area is 102 Å². The summed E-state index contributed by atoms with van der Waals surface area (Å²) in [4.78, 5) is 11.2. The normalized spacial score (nSPS) is 9.71.